The Balaban J connectivity index is 3.07. The average molecular weight is 227 g/mol. The third-order valence-corrected chi connectivity index (χ3v) is 2.61. The fourth-order valence-corrected chi connectivity index (χ4v) is 1.62. The van der Waals surface area contributed by atoms with E-state index in [0.717, 1.165) is 5.56 Å². The molecule has 1 rings (SSSR count). The van der Waals surface area contributed by atoms with Crippen LogP contribution in [0.25, 0.3) is 0 Å². The predicted octanol–water partition coefficient (Wildman–Crippen LogP) is 3.36. The van der Waals surface area contributed by atoms with Gasteiger partial charge in [0.15, 0.2) is 5.79 Å². The third-order valence-electron chi connectivity index (χ3n) is 2.36. The molecule has 0 aliphatic heterocycles. The Morgan fingerprint density at radius 2 is 1.80 bits per heavy atom. The zero-order valence-electron chi connectivity index (χ0n) is 9.00. The molecule has 0 saturated carbocycles. The summed E-state index contributed by atoms with van der Waals surface area (Å²) in [5, 5.41) is 0.693. The van der Waals surface area contributed by atoms with Crippen molar-refractivity contribution in [1.82, 2.24) is 0 Å². The van der Waals surface area contributed by atoms with Gasteiger partial charge < -0.3 is 9.47 Å². The van der Waals surface area contributed by atoms with Crippen molar-refractivity contribution in [2.45, 2.75) is 12.2 Å². The number of methoxy groups -OCH3 is 2. The van der Waals surface area contributed by atoms with Crippen molar-refractivity contribution >= 4 is 11.6 Å². The Hall–Kier alpha value is -0.830. The number of ether oxygens (including phenoxy) is 2. The lowest BCUT2D eigenvalue weighted by Gasteiger charge is -2.30. The Morgan fingerprint density at radius 3 is 2.20 bits per heavy atom. The quantitative estimate of drug-likeness (QED) is 0.566. The molecule has 0 aliphatic carbocycles. The van der Waals surface area contributed by atoms with Gasteiger partial charge in [-0.3, -0.25) is 0 Å². The van der Waals surface area contributed by atoms with Gasteiger partial charge in [-0.2, -0.15) is 0 Å². The first-order valence-electron chi connectivity index (χ1n) is 4.66. The highest BCUT2D eigenvalue weighted by molar-refractivity contribution is 6.30. The van der Waals surface area contributed by atoms with Gasteiger partial charge in [-0.1, -0.05) is 29.8 Å². The summed E-state index contributed by atoms with van der Waals surface area (Å²) in [6.45, 7) is 3.70. The zero-order valence-corrected chi connectivity index (χ0v) is 9.75. The summed E-state index contributed by atoms with van der Waals surface area (Å²) >= 11 is 5.82. The van der Waals surface area contributed by atoms with Gasteiger partial charge in [0.2, 0.25) is 0 Å². The minimum Gasteiger partial charge on any atom is -0.349 e. The SMILES string of the molecule is C=CCC(OC)(OC)c1ccc(Cl)cc1. The highest BCUT2D eigenvalue weighted by atomic mass is 35.5. The van der Waals surface area contributed by atoms with Crippen LogP contribution in [-0.2, 0) is 15.3 Å². The van der Waals surface area contributed by atoms with Crippen molar-refractivity contribution in [2.24, 2.45) is 0 Å². The molecule has 0 atom stereocenters. The molecular weight excluding hydrogens is 212 g/mol. The molecule has 2 nitrogen and oxygen atoms in total. The fourth-order valence-electron chi connectivity index (χ4n) is 1.50. The number of hydrogen-bond donors (Lipinski definition) is 0. The van der Waals surface area contributed by atoms with E-state index in [-0.39, 0.29) is 0 Å². The minimum atomic E-state index is -0.758. The third kappa shape index (κ3) is 2.59. The van der Waals surface area contributed by atoms with E-state index < -0.39 is 5.79 Å². The predicted molar refractivity (Wildman–Crippen MR) is 62.0 cm³/mol. The Morgan fingerprint density at radius 1 is 1.27 bits per heavy atom. The van der Waals surface area contributed by atoms with Gasteiger partial charge >= 0.3 is 0 Å². The van der Waals surface area contributed by atoms with Crippen LogP contribution in [0.5, 0.6) is 0 Å². The molecule has 3 heteroatoms. The molecule has 82 valence electrons. The summed E-state index contributed by atoms with van der Waals surface area (Å²) in [5.74, 6) is -0.758. The summed E-state index contributed by atoms with van der Waals surface area (Å²) in [7, 11) is 3.23. The molecule has 0 aromatic heterocycles. The van der Waals surface area contributed by atoms with Crippen molar-refractivity contribution in [3.8, 4) is 0 Å². The van der Waals surface area contributed by atoms with E-state index in [9.17, 15) is 0 Å². The van der Waals surface area contributed by atoms with Crippen LogP contribution in [0.3, 0.4) is 0 Å². The standard InChI is InChI=1S/C12H15ClO2/c1-4-9-12(14-2,15-3)10-5-7-11(13)8-6-10/h4-8H,1,9H2,2-3H3. The van der Waals surface area contributed by atoms with Crippen molar-refractivity contribution in [3.63, 3.8) is 0 Å². The van der Waals surface area contributed by atoms with Gasteiger partial charge in [0, 0.05) is 31.2 Å². The van der Waals surface area contributed by atoms with E-state index in [4.69, 9.17) is 21.1 Å². The molecular formula is C12H15ClO2. The van der Waals surface area contributed by atoms with E-state index in [1.54, 1.807) is 20.3 Å². The molecule has 0 amide bonds. The summed E-state index contributed by atoms with van der Waals surface area (Å²) in [5.41, 5.74) is 0.928. The summed E-state index contributed by atoms with van der Waals surface area (Å²) in [6.07, 6.45) is 2.35. The molecule has 15 heavy (non-hydrogen) atoms. The van der Waals surface area contributed by atoms with Crippen LogP contribution >= 0.6 is 11.6 Å². The average Bonchev–Trinajstić information content (AvgIpc) is 2.27. The van der Waals surface area contributed by atoms with Gasteiger partial charge in [-0.25, -0.2) is 0 Å². The summed E-state index contributed by atoms with van der Waals surface area (Å²) in [4.78, 5) is 0. The fraction of sp³-hybridized carbons (Fsp3) is 0.333. The van der Waals surface area contributed by atoms with Crippen LogP contribution in [0.1, 0.15) is 12.0 Å². The van der Waals surface area contributed by atoms with Crippen molar-refractivity contribution < 1.29 is 9.47 Å². The lowest BCUT2D eigenvalue weighted by molar-refractivity contribution is -0.213. The van der Waals surface area contributed by atoms with Crippen molar-refractivity contribution in [2.75, 3.05) is 14.2 Å². The van der Waals surface area contributed by atoms with Crippen molar-refractivity contribution in [3.05, 3.63) is 47.5 Å². The van der Waals surface area contributed by atoms with Crippen LogP contribution in [0.4, 0.5) is 0 Å². The Labute approximate surface area is 95.5 Å². The molecule has 0 N–H and O–H groups in total. The Kier molecular flexibility index (Phi) is 4.33. The van der Waals surface area contributed by atoms with Gasteiger partial charge in [0.1, 0.15) is 0 Å². The zero-order chi connectivity index (χ0) is 11.3. The monoisotopic (exact) mass is 226 g/mol. The van der Waals surface area contributed by atoms with Crippen LogP contribution in [0.15, 0.2) is 36.9 Å². The molecule has 0 bridgehead atoms. The second-order valence-electron chi connectivity index (χ2n) is 3.16. The number of halogens is 1. The maximum atomic E-state index is 5.82. The first kappa shape index (κ1) is 12.2. The lowest BCUT2D eigenvalue weighted by Crippen LogP contribution is -2.30. The molecule has 1 aromatic carbocycles. The molecule has 0 aliphatic rings. The number of rotatable bonds is 5. The lowest BCUT2D eigenvalue weighted by atomic mass is 10.0. The summed E-state index contributed by atoms with van der Waals surface area (Å²) < 4.78 is 10.8. The van der Waals surface area contributed by atoms with Gasteiger partial charge in [0.05, 0.1) is 0 Å². The molecule has 0 unspecified atom stereocenters. The highest BCUT2D eigenvalue weighted by Crippen LogP contribution is 2.30. The summed E-state index contributed by atoms with van der Waals surface area (Å²) in [6, 6.07) is 7.40. The topological polar surface area (TPSA) is 18.5 Å². The van der Waals surface area contributed by atoms with Crippen LogP contribution in [0.2, 0.25) is 5.02 Å². The molecule has 0 saturated heterocycles. The van der Waals surface area contributed by atoms with Gasteiger partial charge in [-0.15, -0.1) is 6.58 Å². The first-order valence-corrected chi connectivity index (χ1v) is 5.03. The maximum Gasteiger partial charge on any atom is 0.197 e. The molecule has 1 aromatic rings. The smallest absolute Gasteiger partial charge is 0.197 e. The second kappa shape index (κ2) is 5.31. The van der Waals surface area contributed by atoms with Gasteiger partial charge in [0.25, 0.3) is 0 Å². The molecule has 0 radical (unpaired) electrons. The largest absolute Gasteiger partial charge is 0.349 e. The van der Waals surface area contributed by atoms with Crippen LogP contribution in [-0.4, -0.2) is 14.2 Å². The maximum absolute atomic E-state index is 5.82. The van der Waals surface area contributed by atoms with Crippen LogP contribution in [0, 0.1) is 0 Å². The van der Waals surface area contributed by atoms with E-state index in [2.05, 4.69) is 6.58 Å². The van der Waals surface area contributed by atoms with E-state index >= 15 is 0 Å². The first-order chi connectivity index (χ1) is 7.18. The number of hydrogen-bond acceptors (Lipinski definition) is 2. The highest BCUT2D eigenvalue weighted by Gasteiger charge is 2.30. The molecule has 0 fully saturated rings. The molecule has 0 spiro atoms. The van der Waals surface area contributed by atoms with E-state index in [0.29, 0.717) is 11.4 Å². The molecule has 0 heterocycles. The Bertz CT molecular complexity index is 315. The van der Waals surface area contributed by atoms with Crippen molar-refractivity contribution in [1.29, 1.82) is 0 Å². The normalized spacial score (nSPS) is 11.4. The van der Waals surface area contributed by atoms with E-state index in [1.807, 2.05) is 24.3 Å². The van der Waals surface area contributed by atoms with Gasteiger partial charge in [-0.05, 0) is 12.1 Å². The second-order valence-corrected chi connectivity index (χ2v) is 3.60. The number of benzene rings is 1. The van der Waals surface area contributed by atoms with E-state index in [1.165, 1.54) is 0 Å². The van der Waals surface area contributed by atoms with Crippen LogP contribution < -0.4 is 0 Å². The minimum absolute atomic E-state index is 0.585.